The first kappa shape index (κ1) is 28.0. The fourth-order valence-corrected chi connectivity index (χ4v) is 9.92. The van der Waals surface area contributed by atoms with E-state index in [1.165, 1.54) is 103 Å². The maximum Gasteiger partial charge on any atom is 0.00390 e. The lowest BCUT2D eigenvalue weighted by Crippen LogP contribution is -2.38. The van der Waals surface area contributed by atoms with E-state index in [1.807, 2.05) is 0 Å². The van der Waals surface area contributed by atoms with E-state index in [2.05, 4.69) is 13.8 Å². The molecule has 0 radical (unpaired) electrons. The molecule has 4 aliphatic carbocycles. The van der Waals surface area contributed by atoms with Gasteiger partial charge in [-0.05, 0) is 92.3 Å². The molecule has 0 spiro atoms. The SMILES string of the molecule is CCC(CCCCC(C1CCCCC1)C1CCCCC1C(C)C1CCCCC1)C1CCC(N)CC1. The van der Waals surface area contributed by atoms with Crippen LogP contribution in [0.25, 0.3) is 0 Å². The van der Waals surface area contributed by atoms with E-state index in [0.29, 0.717) is 6.04 Å². The minimum Gasteiger partial charge on any atom is -0.328 e. The summed E-state index contributed by atoms with van der Waals surface area (Å²) in [5.74, 6) is 8.23. The van der Waals surface area contributed by atoms with Crippen LogP contribution in [0.3, 0.4) is 0 Å². The van der Waals surface area contributed by atoms with Crippen molar-refractivity contribution < 1.29 is 0 Å². The Kier molecular flexibility index (Phi) is 11.8. The molecule has 2 N–H and O–H groups in total. The van der Waals surface area contributed by atoms with Gasteiger partial charge in [-0.25, -0.2) is 0 Å². The fraction of sp³-hybridized carbons (Fsp3) is 1.00. The zero-order valence-electron chi connectivity index (χ0n) is 24.0. The highest BCUT2D eigenvalue weighted by atomic mass is 14.6. The van der Waals surface area contributed by atoms with Gasteiger partial charge in [0.05, 0.1) is 0 Å². The Bertz CT molecular complexity index is 551. The summed E-state index contributed by atoms with van der Waals surface area (Å²) in [5.41, 5.74) is 6.22. The normalized spacial score (nSPS) is 34.4. The number of hydrogen-bond donors (Lipinski definition) is 1. The van der Waals surface area contributed by atoms with Crippen LogP contribution in [0, 0.1) is 47.3 Å². The van der Waals surface area contributed by atoms with Crippen molar-refractivity contribution in [3.8, 4) is 0 Å². The molecule has 0 aromatic carbocycles. The second-order valence-corrected chi connectivity index (χ2v) is 14.1. The molecule has 204 valence electrons. The molecule has 5 unspecified atom stereocenters. The van der Waals surface area contributed by atoms with Gasteiger partial charge in [0.2, 0.25) is 0 Å². The summed E-state index contributed by atoms with van der Waals surface area (Å²) < 4.78 is 0. The molecule has 0 aromatic rings. The smallest absolute Gasteiger partial charge is 0.00390 e. The molecule has 4 aliphatic rings. The van der Waals surface area contributed by atoms with Crippen molar-refractivity contribution in [1.29, 1.82) is 0 Å². The van der Waals surface area contributed by atoms with E-state index in [0.717, 1.165) is 47.3 Å². The standard InChI is InChI=1S/C34H63N/c1-3-27(29-22-24-31(35)25-23-29)14-10-11-20-33(30-17-8-5-9-18-30)34-21-13-12-19-32(34)26(2)28-15-6-4-7-16-28/h26-34H,3-25,35H2,1-2H3. The Labute approximate surface area is 220 Å². The van der Waals surface area contributed by atoms with E-state index in [1.54, 1.807) is 44.9 Å². The summed E-state index contributed by atoms with van der Waals surface area (Å²) in [5, 5.41) is 0. The summed E-state index contributed by atoms with van der Waals surface area (Å²) in [4.78, 5) is 0. The molecule has 5 atom stereocenters. The lowest BCUT2D eigenvalue weighted by molar-refractivity contribution is 0.0337. The van der Waals surface area contributed by atoms with Crippen molar-refractivity contribution in [2.75, 3.05) is 0 Å². The molecular formula is C34H63N. The highest BCUT2D eigenvalue weighted by molar-refractivity contribution is 4.90. The third-order valence-corrected chi connectivity index (χ3v) is 12.1. The molecule has 0 aromatic heterocycles. The van der Waals surface area contributed by atoms with E-state index < -0.39 is 0 Å². The summed E-state index contributed by atoms with van der Waals surface area (Å²) >= 11 is 0. The second kappa shape index (κ2) is 14.8. The van der Waals surface area contributed by atoms with Crippen LogP contribution in [0.4, 0.5) is 0 Å². The van der Waals surface area contributed by atoms with Gasteiger partial charge in [0.25, 0.3) is 0 Å². The molecule has 35 heavy (non-hydrogen) atoms. The third-order valence-electron chi connectivity index (χ3n) is 12.1. The van der Waals surface area contributed by atoms with E-state index in [4.69, 9.17) is 5.73 Å². The average Bonchev–Trinajstić information content (AvgIpc) is 2.92. The molecular weight excluding hydrogens is 422 g/mol. The van der Waals surface area contributed by atoms with Crippen molar-refractivity contribution in [3.05, 3.63) is 0 Å². The minimum atomic E-state index is 0.499. The largest absolute Gasteiger partial charge is 0.328 e. The number of hydrogen-bond acceptors (Lipinski definition) is 1. The first-order valence-electron chi connectivity index (χ1n) is 16.9. The quantitative estimate of drug-likeness (QED) is 0.289. The van der Waals surface area contributed by atoms with Crippen molar-refractivity contribution >= 4 is 0 Å². The van der Waals surface area contributed by atoms with E-state index >= 15 is 0 Å². The molecule has 1 heteroatoms. The molecule has 0 bridgehead atoms. The Morgan fingerprint density at radius 2 is 1.11 bits per heavy atom. The van der Waals surface area contributed by atoms with Crippen LogP contribution in [0.15, 0.2) is 0 Å². The van der Waals surface area contributed by atoms with Crippen molar-refractivity contribution in [3.63, 3.8) is 0 Å². The van der Waals surface area contributed by atoms with Crippen molar-refractivity contribution in [2.24, 2.45) is 53.1 Å². The Morgan fingerprint density at radius 3 is 1.74 bits per heavy atom. The summed E-state index contributed by atoms with van der Waals surface area (Å²) in [7, 11) is 0. The molecule has 4 fully saturated rings. The highest BCUT2D eigenvalue weighted by Gasteiger charge is 2.40. The number of rotatable bonds is 11. The molecule has 1 nitrogen and oxygen atoms in total. The molecule has 4 rings (SSSR count). The van der Waals surface area contributed by atoms with Crippen molar-refractivity contribution in [2.45, 2.75) is 168 Å². The van der Waals surface area contributed by atoms with Crippen LogP contribution in [-0.2, 0) is 0 Å². The predicted octanol–water partition coefficient (Wildman–Crippen LogP) is 10.3. The zero-order chi connectivity index (χ0) is 24.5. The summed E-state index contributed by atoms with van der Waals surface area (Å²) in [6, 6.07) is 0.499. The third kappa shape index (κ3) is 7.97. The van der Waals surface area contributed by atoms with Crippen LogP contribution in [-0.4, -0.2) is 6.04 Å². The van der Waals surface area contributed by atoms with Crippen molar-refractivity contribution in [1.82, 2.24) is 0 Å². The molecule has 4 saturated carbocycles. The van der Waals surface area contributed by atoms with Gasteiger partial charge < -0.3 is 5.73 Å². The lowest BCUT2D eigenvalue weighted by Gasteiger charge is -2.46. The molecule has 0 heterocycles. The predicted molar refractivity (Wildman–Crippen MR) is 153 cm³/mol. The van der Waals surface area contributed by atoms with Gasteiger partial charge in [0.15, 0.2) is 0 Å². The Morgan fingerprint density at radius 1 is 0.571 bits per heavy atom. The molecule has 0 saturated heterocycles. The Hall–Kier alpha value is -0.0400. The Balaban J connectivity index is 1.35. The van der Waals surface area contributed by atoms with Crippen LogP contribution in [0.2, 0.25) is 0 Å². The van der Waals surface area contributed by atoms with Crippen LogP contribution >= 0.6 is 0 Å². The summed E-state index contributed by atoms with van der Waals surface area (Å²) in [6.07, 6.45) is 34.4. The van der Waals surface area contributed by atoms with Crippen LogP contribution in [0.1, 0.15) is 162 Å². The van der Waals surface area contributed by atoms with Gasteiger partial charge in [0.1, 0.15) is 0 Å². The average molecular weight is 486 g/mol. The topological polar surface area (TPSA) is 26.0 Å². The van der Waals surface area contributed by atoms with E-state index in [9.17, 15) is 0 Å². The van der Waals surface area contributed by atoms with Crippen LogP contribution in [0.5, 0.6) is 0 Å². The first-order chi connectivity index (χ1) is 17.2. The minimum absolute atomic E-state index is 0.499. The van der Waals surface area contributed by atoms with Gasteiger partial charge in [-0.2, -0.15) is 0 Å². The van der Waals surface area contributed by atoms with Gasteiger partial charge in [0, 0.05) is 6.04 Å². The number of nitrogens with two attached hydrogens (primary N) is 1. The van der Waals surface area contributed by atoms with E-state index in [-0.39, 0.29) is 0 Å². The second-order valence-electron chi connectivity index (χ2n) is 14.1. The number of unbranched alkanes of at least 4 members (excludes halogenated alkanes) is 1. The van der Waals surface area contributed by atoms with Gasteiger partial charge in [-0.3, -0.25) is 0 Å². The maximum atomic E-state index is 6.22. The fourth-order valence-electron chi connectivity index (χ4n) is 9.92. The lowest BCUT2D eigenvalue weighted by atomic mass is 9.59. The van der Waals surface area contributed by atoms with Gasteiger partial charge in [-0.1, -0.05) is 117 Å². The molecule has 0 aliphatic heterocycles. The van der Waals surface area contributed by atoms with Gasteiger partial charge in [-0.15, -0.1) is 0 Å². The zero-order valence-corrected chi connectivity index (χ0v) is 24.0. The monoisotopic (exact) mass is 485 g/mol. The first-order valence-corrected chi connectivity index (χ1v) is 16.9. The van der Waals surface area contributed by atoms with Gasteiger partial charge >= 0.3 is 0 Å². The summed E-state index contributed by atoms with van der Waals surface area (Å²) in [6.45, 7) is 5.17. The van der Waals surface area contributed by atoms with Crippen LogP contribution < -0.4 is 5.73 Å². The molecule has 0 amide bonds. The highest BCUT2D eigenvalue weighted by Crippen LogP contribution is 2.50. The maximum absolute atomic E-state index is 6.22.